The third-order valence-corrected chi connectivity index (χ3v) is 4.71. The van der Waals surface area contributed by atoms with Crippen LogP contribution in [0.5, 0.6) is 5.75 Å². The fraction of sp³-hybridized carbons (Fsp3) is 0.174. The molecule has 7 heteroatoms. The smallest absolute Gasteiger partial charge is 0.274 e. The van der Waals surface area contributed by atoms with Gasteiger partial charge >= 0.3 is 0 Å². The molecule has 0 saturated heterocycles. The van der Waals surface area contributed by atoms with Crippen LogP contribution in [-0.4, -0.2) is 37.4 Å². The molecule has 0 N–H and O–H groups in total. The van der Waals surface area contributed by atoms with E-state index in [-0.39, 0.29) is 12.6 Å². The summed E-state index contributed by atoms with van der Waals surface area (Å²) in [6.45, 7) is 0.702. The van der Waals surface area contributed by atoms with Crippen LogP contribution in [0.15, 0.2) is 79.3 Å². The minimum atomic E-state index is -0.148. The monoisotopic (exact) mass is 401 g/mol. The topological polar surface area (TPSA) is 65.2 Å². The number of carbonyl (C=O) groups excluding carboxylic acids is 1. The highest BCUT2D eigenvalue weighted by atomic mass is 16.5. The Bertz CT molecular complexity index is 1120. The van der Waals surface area contributed by atoms with E-state index in [0.717, 1.165) is 22.4 Å². The first-order valence-corrected chi connectivity index (χ1v) is 9.63. The van der Waals surface area contributed by atoms with Crippen LogP contribution in [0, 0.1) is 0 Å². The van der Waals surface area contributed by atoms with Crippen LogP contribution in [-0.2, 0) is 20.3 Å². The molecule has 0 spiro atoms. The number of carbonyl (C=O) groups is 1. The molecule has 0 fully saturated rings. The number of nitrogens with zero attached hydrogens (tertiary/aromatic N) is 5. The first kappa shape index (κ1) is 19.4. The number of ether oxygens (including phenoxy) is 1. The van der Waals surface area contributed by atoms with Gasteiger partial charge in [0.2, 0.25) is 0 Å². The summed E-state index contributed by atoms with van der Waals surface area (Å²) in [5, 5.41) is 8.46. The molecule has 0 aliphatic rings. The molecule has 4 rings (SSSR count). The summed E-state index contributed by atoms with van der Waals surface area (Å²) >= 11 is 0. The van der Waals surface area contributed by atoms with E-state index in [0.29, 0.717) is 12.2 Å². The van der Waals surface area contributed by atoms with Crippen molar-refractivity contribution >= 4 is 5.91 Å². The molecule has 152 valence electrons. The zero-order valence-electron chi connectivity index (χ0n) is 17.0. The maximum Gasteiger partial charge on any atom is 0.274 e. The number of aryl methyl sites for hydroxylation is 1. The van der Waals surface area contributed by atoms with E-state index >= 15 is 0 Å². The summed E-state index contributed by atoms with van der Waals surface area (Å²) in [6.07, 6.45) is 5.38. The second-order valence-corrected chi connectivity index (χ2v) is 7.09. The van der Waals surface area contributed by atoms with E-state index in [1.54, 1.807) is 39.8 Å². The molecule has 2 aromatic heterocycles. The quantitative estimate of drug-likeness (QED) is 0.475. The van der Waals surface area contributed by atoms with Crippen molar-refractivity contribution in [2.24, 2.45) is 7.05 Å². The Morgan fingerprint density at radius 2 is 1.77 bits per heavy atom. The lowest BCUT2D eigenvalue weighted by atomic mass is 10.1. The molecule has 2 heterocycles. The lowest BCUT2D eigenvalue weighted by Gasteiger charge is -2.14. The van der Waals surface area contributed by atoms with Gasteiger partial charge in [-0.1, -0.05) is 42.5 Å². The summed E-state index contributed by atoms with van der Waals surface area (Å²) in [6, 6.07) is 19.8. The molecule has 30 heavy (non-hydrogen) atoms. The van der Waals surface area contributed by atoms with Gasteiger partial charge in [0.05, 0.1) is 6.20 Å². The fourth-order valence-corrected chi connectivity index (χ4v) is 3.16. The first-order valence-electron chi connectivity index (χ1n) is 9.63. The highest BCUT2D eigenvalue weighted by Crippen LogP contribution is 2.22. The minimum absolute atomic E-state index is 0.148. The molecule has 4 aromatic rings. The number of rotatable bonds is 7. The molecule has 0 bridgehead atoms. The third kappa shape index (κ3) is 4.57. The molecule has 0 aliphatic heterocycles. The highest BCUT2D eigenvalue weighted by molar-refractivity contribution is 5.91. The summed E-state index contributed by atoms with van der Waals surface area (Å²) < 4.78 is 9.12. The fourth-order valence-electron chi connectivity index (χ4n) is 3.16. The number of hydrogen-bond acceptors (Lipinski definition) is 4. The van der Waals surface area contributed by atoms with E-state index in [1.165, 1.54) is 0 Å². The van der Waals surface area contributed by atoms with Crippen molar-refractivity contribution in [3.8, 4) is 16.9 Å². The Morgan fingerprint density at radius 1 is 1.03 bits per heavy atom. The molecule has 0 aliphatic carbocycles. The highest BCUT2D eigenvalue weighted by Gasteiger charge is 2.15. The van der Waals surface area contributed by atoms with Gasteiger partial charge in [0.25, 0.3) is 5.91 Å². The maximum atomic E-state index is 12.6. The molecule has 0 atom stereocenters. The Balaban J connectivity index is 1.33. The van der Waals surface area contributed by atoms with Gasteiger partial charge in [0, 0.05) is 38.6 Å². The average molecular weight is 401 g/mol. The number of aromatic nitrogens is 4. The molecule has 0 unspecified atom stereocenters. The van der Waals surface area contributed by atoms with Crippen molar-refractivity contribution in [2.75, 3.05) is 7.05 Å². The predicted octanol–water partition coefficient (Wildman–Crippen LogP) is 3.59. The molecule has 7 nitrogen and oxygen atoms in total. The van der Waals surface area contributed by atoms with Crippen LogP contribution in [0.1, 0.15) is 16.1 Å². The SMILES string of the molecule is CN(Cc1cnn(C)c1)C(=O)c1ccn(COc2ccc(-c3ccccc3)cc2)n1. The second kappa shape index (κ2) is 8.65. The van der Waals surface area contributed by atoms with E-state index < -0.39 is 0 Å². The van der Waals surface area contributed by atoms with Crippen molar-refractivity contribution in [1.29, 1.82) is 0 Å². The lowest BCUT2D eigenvalue weighted by molar-refractivity contribution is 0.0777. The van der Waals surface area contributed by atoms with Crippen molar-refractivity contribution < 1.29 is 9.53 Å². The molecule has 1 amide bonds. The van der Waals surface area contributed by atoms with Gasteiger partial charge in [0.1, 0.15) is 5.75 Å². The van der Waals surface area contributed by atoms with Crippen LogP contribution >= 0.6 is 0 Å². The maximum absolute atomic E-state index is 12.6. The standard InChI is InChI=1S/C23H23N5O2/c1-26(15-18-14-24-27(2)16-18)23(29)22-12-13-28(25-22)17-30-21-10-8-20(9-11-21)19-6-4-3-5-7-19/h3-14,16H,15,17H2,1-2H3. The van der Waals surface area contributed by atoms with Crippen molar-refractivity contribution in [3.63, 3.8) is 0 Å². The first-order chi connectivity index (χ1) is 14.6. The van der Waals surface area contributed by atoms with Gasteiger partial charge in [-0.2, -0.15) is 10.2 Å². The van der Waals surface area contributed by atoms with E-state index in [2.05, 4.69) is 22.3 Å². The van der Waals surface area contributed by atoms with E-state index in [9.17, 15) is 4.79 Å². The van der Waals surface area contributed by atoms with Gasteiger partial charge in [-0.3, -0.25) is 9.48 Å². The minimum Gasteiger partial charge on any atom is -0.471 e. The van der Waals surface area contributed by atoms with Gasteiger partial charge in [0.15, 0.2) is 12.4 Å². The van der Waals surface area contributed by atoms with Gasteiger partial charge in [-0.15, -0.1) is 0 Å². The zero-order valence-corrected chi connectivity index (χ0v) is 17.0. The summed E-state index contributed by atoms with van der Waals surface area (Å²) in [7, 11) is 3.60. The van der Waals surface area contributed by atoms with Crippen molar-refractivity contribution in [2.45, 2.75) is 13.3 Å². The van der Waals surface area contributed by atoms with E-state index in [4.69, 9.17) is 4.74 Å². The summed E-state index contributed by atoms with van der Waals surface area (Å²) in [4.78, 5) is 14.2. The Morgan fingerprint density at radius 3 is 2.47 bits per heavy atom. The third-order valence-electron chi connectivity index (χ3n) is 4.71. The lowest BCUT2D eigenvalue weighted by Crippen LogP contribution is -2.26. The number of hydrogen-bond donors (Lipinski definition) is 0. The average Bonchev–Trinajstić information content (AvgIpc) is 3.41. The molecular weight excluding hydrogens is 378 g/mol. The normalized spacial score (nSPS) is 10.7. The van der Waals surface area contributed by atoms with Crippen LogP contribution in [0.25, 0.3) is 11.1 Å². The Kier molecular flexibility index (Phi) is 5.61. The van der Waals surface area contributed by atoms with Crippen LogP contribution in [0.4, 0.5) is 0 Å². The summed E-state index contributed by atoms with van der Waals surface area (Å²) in [5.74, 6) is 0.594. The Hall–Kier alpha value is -3.87. The van der Waals surface area contributed by atoms with Gasteiger partial charge < -0.3 is 9.64 Å². The largest absolute Gasteiger partial charge is 0.471 e. The molecule has 0 radical (unpaired) electrons. The molecule has 0 saturated carbocycles. The van der Waals surface area contributed by atoms with Gasteiger partial charge in [-0.25, -0.2) is 4.68 Å². The van der Waals surface area contributed by atoms with Gasteiger partial charge in [-0.05, 0) is 29.3 Å². The summed E-state index contributed by atoms with van der Waals surface area (Å²) in [5.41, 5.74) is 3.64. The van der Waals surface area contributed by atoms with Crippen LogP contribution in [0.3, 0.4) is 0 Å². The zero-order chi connectivity index (χ0) is 20.9. The van der Waals surface area contributed by atoms with Crippen LogP contribution < -0.4 is 4.74 Å². The number of amides is 1. The van der Waals surface area contributed by atoms with E-state index in [1.807, 2.05) is 55.7 Å². The molecule has 2 aromatic carbocycles. The van der Waals surface area contributed by atoms with Crippen molar-refractivity contribution in [1.82, 2.24) is 24.5 Å². The molecular formula is C23H23N5O2. The van der Waals surface area contributed by atoms with Crippen LogP contribution in [0.2, 0.25) is 0 Å². The number of benzene rings is 2. The second-order valence-electron chi connectivity index (χ2n) is 7.09. The van der Waals surface area contributed by atoms with Crippen molar-refractivity contribution in [3.05, 3.63) is 90.5 Å². The Labute approximate surface area is 175 Å². The predicted molar refractivity (Wildman–Crippen MR) is 114 cm³/mol.